The molecular formula is C14H24O. The third kappa shape index (κ3) is 1.32. The van der Waals surface area contributed by atoms with E-state index >= 15 is 0 Å². The zero-order chi connectivity index (χ0) is 10.7. The van der Waals surface area contributed by atoms with Crippen molar-refractivity contribution in [3.05, 3.63) is 0 Å². The van der Waals surface area contributed by atoms with Gasteiger partial charge in [0.25, 0.3) is 0 Å². The Morgan fingerprint density at radius 3 is 2.07 bits per heavy atom. The molecular weight excluding hydrogens is 184 g/mol. The molecule has 15 heavy (non-hydrogen) atoms. The van der Waals surface area contributed by atoms with E-state index in [-0.39, 0.29) is 5.60 Å². The highest BCUT2D eigenvalue weighted by Gasteiger charge is 2.61. The SMILES string of the molecule is CC(C)C1(O)CC2(CC3CCC2CC3)C1. The van der Waals surface area contributed by atoms with E-state index in [0.717, 1.165) is 24.7 Å². The summed E-state index contributed by atoms with van der Waals surface area (Å²) in [5.41, 5.74) is 0.275. The van der Waals surface area contributed by atoms with Crippen LogP contribution in [0.15, 0.2) is 0 Å². The van der Waals surface area contributed by atoms with Crippen LogP contribution in [0, 0.1) is 23.2 Å². The van der Waals surface area contributed by atoms with Gasteiger partial charge in [0, 0.05) is 0 Å². The summed E-state index contributed by atoms with van der Waals surface area (Å²) in [4.78, 5) is 0. The van der Waals surface area contributed by atoms with Gasteiger partial charge in [-0.05, 0) is 55.3 Å². The van der Waals surface area contributed by atoms with Crippen LogP contribution in [0.5, 0.6) is 0 Å². The first-order valence-electron chi connectivity index (χ1n) is 6.76. The van der Waals surface area contributed by atoms with Crippen molar-refractivity contribution in [1.29, 1.82) is 0 Å². The molecule has 0 amide bonds. The molecule has 86 valence electrons. The maximum absolute atomic E-state index is 10.4. The average Bonchev–Trinajstić information content (AvgIpc) is 2.17. The van der Waals surface area contributed by atoms with E-state index in [4.69, 9.17) is 0 Å². The summed E-state index contributed by atoms with van der Waals surface area (Å²) in [6.45, 7) is 4.35. The maximum Gasteiger partial charge on any atom is 0.0681 e. The summed E-state index contributed by atoms with van der Waals surface area (Å²) in [6.07, 6.45) is 9.53. The molecule has 0 radical (unpaired) electrons. The van der Waals surface area contributed by atoms with Gasteiger partial charge >= 0.3 is 0 Å². The number of rotatable bonds is 1. The van der Waals surface area contributed by atoms with Crippen molar-refractivity contribution >= 4 is 0 Å². The Labute approximate surface area is 93.3 Å². The molecule has 4 rings (SSSR count). The second kappa shape index (κ2) is 3.00. The molecule has 4 aliphatic carbocycles. The lowest BCUT2D eigenvalue weighted by Gasteiger charge is -2.64. The predicted molar refractivity (Wildman–Crippen MR) is 61.5 cm³/mol. The van der Waals surface area contributed by atoms with Crippen LogP contribution in [0.2, 0.25) is 0 Å². The highest BCUT2D eigenvalue weighted by Crippen LogP contribution is 2.66. The van der Waals surface area contributed by atoms with Crippen molar-refractivity contribution in [1.82, 2.24) is 0 Å². The van der Waals surface area contributed by atoms with Gasteiger partial charge in [-0.1, -0.05) is 26.7 Å². The molecule has 0 heterocycles. The van der Waals surface area contributed by atoms with Crippen LogP contribution in [-0.2, 0) is 0 Å². The zero-order valence-electron chi connectivity index (χ0n) is 10.1. The Balaban J connectivity index is 1.74. The van der Waals surface area contributed by atoms with E-state index < -0.39 is 0 Å². The molecule has 2 bridgehead atoms. The predicted octanol–water partition coefficient (Wildman–Crippen LogP) is 3.36. The standard InChI is InChI=1S/C14H24O/c1-10(2)14(15)8-13(9-14)7-11-3-5-12(13)6-4-11/h10-12,15H,3-9H2,1-2H3. The van der Waals surface area contributed by atoms with Gasteiger partial charge in [-0.3, -0.25) is 0 Å². The second-order valence-electron chi connectivity index (χ2n) is 6.90. The molecule has 0 unspecified atom stereocenters. The minimum Gasteiger partial charge on any atom is -0.390 e. The minimum absolute atomic E-state index is 0.308. The van der Waals surface area contributed by atoms with Crippen molar-refractivity contribution < 1.29 is 5.11 Å². The number of hydrogen-bond donors (Lipinski definition) is 1. The Morgan fingerprint density at radius 1 is 1.07 bits per heavy atom. The van der Waals surface area contributed by atoms with Gasteiger partial charge in [0.1, 0.15) is 0 Å². The Bertz CT molecular complexity index is 255. The molecule has 0 saturated heterocycles. The largest absolute Gasteiger partial charge is 0.390 e. The third-order valence-corrected chi connectivity index (χ3v) is 5.80. The quantitative estimate of drug-likeness (QED) is 0.700. The minimum atomic E-state index is -0.308. The molecule has 4 saturated carbocycles. The van der Waals surface area contributed by atoms with Gasteiger partial charge in [-0.15, -0.1) is 0 Å². The molecule has 1 heteroatoms. The van der Waals surface area contributed by atoms with E-state index in [9.17, 15) is 5.11 Å². The highest BCUT2D eigenvalue weighted by molar-refractivity contribution is 5.11. The first-order chi connectivity index (χ1) is 7.04. The highest BCUT2D eigenvalue weighted by atomic mass is 16.3. The molecule has 4 fully saturated rings. The monoisotopic (exact) mass is 208 g/mol. The lowest BCUT2D eigenvalue weighted by Crippen LogP contribution is -2.61. The third-order valence-electron chi connectivity index (χ3n) is 5.80. The van der Waals surface area contributed by atoms with Crippen LogP contribution in [0.1, 0.15) is 58.8 Å². The molecule has 0 aliphatic heterocycles. The van der Waals surface area contributed by atoms with Crippen LogP contribution in [0.25, 0.3) is 0 Å². The summed E-state index contributed by atoms with van der Waals surface area (Å²) >= 11 is 0. The van der Waals surface area contributed by atoms with Gasteiger partial charge in [-0.2, -0.15) is 0 Å². The van der Waals surface area contributed by atoms with E-state index in [2.05, 4.69) is 13.8 Å². The molecule has 0 atom stereocenters. The zero-order valence-corrected chi connectivity index (χ0v) is 10.1. The van der Waals surface area contributed by atoms with Gasteiger partial charge in [0.15, 0.2) is 0 Å². The van der Waals surface area contributed by atoms with E-state index in [0.29, 0.717) is 11.3 Å². The molecule has 1 N–H and O–H groups in total. The molecule has 4 aliphatic rings. The fraction of sp³-hybridized carbons (Fsp3) is 1.00. The van der Waals surface area contributed by atoms with Crippen LogP contribution in [0.3, 0.4) is 0 Å². The number of fused-ring (bicyclic) bond motifs is 2. The summed E-state index contributed by atoms with van der Waals surface area (Å²) in [7, 11) is 0. The first kappa shape index (κ1) is 10.1. The molecule has 0 aromatic rings. The molecule has 0 aromatic carbocycles. The van der Waals surface area contributed by atoms with E-state index in [1.54, 1.807) is 0 Å². The fourth-order valence-corrected chi connectivity index (χ4v) is 4.73. The summed E-state index contributed by atoms with van der Waals surface area (Å²) < 4.78 is 0. The Kier molecular flexibility index (Phi) is 2.03. The van der Waals surface area contributed by atoms with Gasteiger partial charge in [0.05, 0.1) is 5.60 Å². The summed E-state index contributed by atoms with van der Waals surface area (Å²) in [5, 5.41) is 10.4. The molecule has 1 spiro atoms. The lowest BCUT2D eigenvalue weighted by molar-refractivity contribution is -0.209. The van der Waals surface area contributed by atoms with Crippen LogP contribution >= 0.6 is 0 Å². The van der Waals surface area contributed by atoms with Crippen molar-refractivity contribution in [3.63, 3.8) is 0 Å². The van der Waals surface area contributed by atoms with Crippen LogP contribution < -0.4 is 0 Å². The van der Waals surface area contributed by atoms with Crippen molar-refractivity contribution in [2.24, 2.45) is 23.2 Å². The van der Waals surface area contributed by atoms with Gasteiger partial charge < -0.3 is 5.11 Å². The summed E-state index contributed by atoms with van der Waals surface area (Å²) in [5.74, 6) is 2.41. The lowest BCUT2D eigenvalue weighted by atomic mass is 9.43. The van der Waals surface area contributed by atoms with Gasteiger partial charge in [-0.25, -0.2) is 0 Å². The van der Waals surface area contributed by atoms with Crippen LogP contribution in [0.4, 0.5) is 0 Å². The van der Waals surface area contributed by atoms with Crippen molar-refractivity contribution in [3.8, 4) is 0 Å². The Morgan fingerprint density at radius 2 is 1.67 bits per heavy atom. The molecule has 0 aromatic heterocycles. The fourth-order valence-electron chi connectivity index (χ4n) is 4.73. The average molecular weight is 208 g/mol. The first-order valence-corrected chi connectivity index (χ1v) is 6.76. The number of aliphatic hydroxyl groups is 1. The summed E-state index contributed by atoms with van der Waals surface area (Å²) in [6, 6.07) is 0. The number of hydrogen-bond acceptors (Lipinski definition) is 1. The maximum atomic E-state index is 10.4. The second-order valence-corrected chi connectivity index (χ2v) is 6.90. The Hall–Kier alpha value is -0.0400. The molecule has 1 nitrogen and oxygen atoms in total. The normalized spacial score (nSPS) is 53.6. The van der Waals surface area contributed by atoms with Crippen LogP contribution in [-0.4, -0.2) is 10.7 Å². The topological polar surface area (TPSA) is 20.2 Å². The van der Waals surface area contributed by atoms with E-state index in [1.807, 2.05) is 0 Å². The van der Waals surface area contributed by atoms with Gasteiger partial charge in [0.2, 0.25) is 0 Å². The van der Waals surface area contributed by atoms with E-state index in [1.165, 1.54) is 32.1 Å². The van der Waals surface area contributed by atoms with Crippen molar-refractivity contribution in [2.45, 2.75) is 64.4 Å². The smallest absolute Gasteiger partial charge is 0.0681 e. The van der Waals surface area contributed by atoms with Crippen molar-refractivity contribution in [2.75, 3.05) is 0 Å².